The van der Waals surface area contributed by atoms with Gasteiger partial charge in [0, 0.05) is 58.4 Å². The first-order valence-corrected chi connectivity index (χ1v) is 11.7. The minimum atomic E-state index is 0. The number of rotatable bonds is 9. The molecule has 3 fully saturated rings. The fourth-order valence-corrected chi connectivity index (χ4v) is 4.73. The largest absolute Gasteiger partial charge is 0.381 e. The average Bonchev–Trinajstić information content (AvgIpc) is 3.25. The maximum absolute atomic E-state index is 5.77. The Morgan fingerprint density at radius 2 is 1.86 bits per heavy atom. The van der Waals surface area contributed by atoms with Crippen molar-refractivity contribution in [1.82, 2.24) is 15.5 Å². The fraction of sp³-hybridized carbons (Fsp3) is 0.955. The van der Waals surface area contributed by atoms with Crippen LogP contribution in [0.15, 0.2) is 4.99 Å². The molecule has 0 spiro atoms. The summed E-state index contributed by atoms with van der Waals surface area (Å²) < 4.78 is 11.1. The molecule has 6 nitrogen and oxygen atoms in total. The van der Waals surface area contributed by atoms with Gasteiger partial charge in [-0.15, -0.1) is 24.0 Å². The van der Waals surface area contributed by atoms with Crippen molar-refractivity contribution in [3.05, 3.63) is 0 Å². The molecule has 0 aromatic rings. The molecule has 2 saturated heterocycles. The third-order valence-corrected chi connectivity index (χ3v) is 6.53. The number of nitrogens with zero attached hydrogens (tertiary/aromatic N) is 2. The van der Waals surface area contributed by atoms with Gasteiger partial charge in [0.2, 0.25) is 0 Å². The maximum atomic E-state index is 5.77. The lowest BCUT2D eigenvalue weighted by Crippen LogP contribution is -2.49. The lowest BCUT2D eigenvalue weighted by molar-refractivity contribution is 0.0888. The van der Waals surface area contributed by atoms with E-state index in [0.29, 0.717) is 12.0 Å². The maximum Gasteiger partial charge on any atom is 0.191 e. The molecule has 0 aromatic heterocycles. The van der Waals surface area contributed by atoms with E-state index < -0.39 is 0 Å². The van der Waals surface area contributed by atoms with E-state index >= 15 is 0 Å². The molecule has 2 heterocycles. The Morgan fingerprint density at radius 1 is 1.07 bits per heavy atom. The summed E-state index contributed by atoms with van der Waals surface area (Å²) in [6, 6.07) is 0.549. The first-order chi connectivity index (χ1) is 13.8. The third kappa shape index (κ3) is 9.70. The van der Waals surface area contributed by atoms with Gasteiger partial charge >= 0.3 is 0 Å². The zero-order valence-corrected chi connectivity index (χ0v) is 20.7. The highest BCUT2D eigenvalue weighted by molar-refractivity contribution is 14.0. The monoisotopic (exact) mass is 522 g/mol. The summed E-state index contributed by atoms with van der Waals surface area (Å²) in [5.74, 6) is 2.50. The molecule has 0 amide bonds. The summed E-state index contributed by atoms with van der Waals surface area (Å²) in [7, 11) is 1.87. The van der Waals surface area contributed by atoms with Gasteiger partial charge in [-0.25, -0.2) is 0 Å². The van der Waals surface area contributed by atoms with Crippen molar-refractivity contribution in [3.8, 4) is 0 Å². The molecule has 1 aliphatic carbocycles. The summed E-state index contributed by atoms with van der Waals surface area (Å²) in [6.07, 6.45) is 11.9. The number of hydrogen-bond donors (Lipinski definition) is 2. The molecule has 29 heavy (non-hydrogen) atoms. The molecule has 0 radical (unpaired) electrons. The second kappa shape index (κ2) is 14.8. The van der Waals surface area contributed by atoms with Crippen LogP contribution in [0.1, 0.15) is 57.8 Å². The number of ether oxygens (including phenoxy) is 2. The van der Waals surface area contributed by atoms with E-state index in [1.165, 1.54) is 64.6 Å². The van der Waals surface area contributed by atoms with Crippen LogP contribution in [0.5, 0.6) is 0 Å². The highest BCUT2D eigenvalue weighted by atomic mass is 127. The van der Waals surface area contributed by atoms with Gasteiger partial charge in [-0.1, -0.05) is 19.3 Å². The van der Waals surface area contributed by atoms with Crippen molar-refractivity contribution in [2.75, 3.05) is 59.7 Å². The van der Waals surface area contributed by atoms with Gasteiger partial charge in [0.1, 0.15) is 0 Å². The van der Waals surface area contributed by atoms with Gasteiger partial charge in [-0.2, -0.15) is 0 Å². The number of hydrogen-bond acceptors (Lipinski definition) is 4. The van der Waals surface area contributed by atoms with E-state index in [9.17, 15) is 0 Å². The normalized spacial score (nSPS) is 25.0. The van der Waals surface area contributed by atoms with E-state index in [1.54, 1.807) is 0 Å². The topological polar surface area (TPSA) is 58.1 Å². The van der Waals surface area contributed by atoms with Gasteiger partial charge < -0.3 is 25.0 Å². The summed E-state index contributed by atoms with van der Waals surface area (Å²) in [5, 5.41) is 7.06. The molecular formula is C22H43IN4O2. The highest BCUT2D eigenvalue weighted by Gasteiger charge is 2.23. The Balaban J connectivity index is 0.00000300. The van der Waals surface area contributed by atoms with Crippen LogP contribution in [0.4, 0.5) is 0 Å². The summed E-state index contributed by atoms with van der Waals surface area (Å²) in [5.41, 5.74) is 0. The second-order valence-electron chi connectivity index (χ2n) is 8.88. The molecule has 7 heteroatoms. The van der Waals surface area contributed by atoms with Crippen LogP contribution >= 0.6 is 24.0 Å². The van der Waals surface area contributed by atoms with Crippen LogP contribution < -0.4 is 10.6 Å². The Bertz CT molecular complexity index is 446. The van der Waals surface area contributed by atoms with Crippen molar-refractivity contribution in [1.29, 1.82) is 0 Å². The van der Waals surface area contributed by atoms with Crippen molar-refractivity contribution in [2.24, 2.45) is 16.8 Å². The first kappa shape index (κ1) is 25.1. The van der Waals surface area contributed by atoms with Crippen LogP contribution in [0.3, 0.4) is 0 Å². The Morgan fingerprint density at radius 3 is 2.55 bits per heavy atom. The molecular weight excluding hydrogens is 479 g/mol. The number of guanidine groups is 1. The quantitative estimate of drug-likeness (QED) is 0.211. The van der Waals surface area contributed by atoms with Gasteiger partial charge in [0.25, 0.3) is 0 Å². The van der Waals surface area contributed by atoms with Crippen molar-refractivity contribution >= 4 is 29.9 Å². The molecule has 2 N–H and O–H groups in total. The van der Waals surface area contributed by atoms with Crippen molar-refractivity contribution in [3.63, 3.8) is 0 Å². The van der Waals surface area contributed by atoms with Crippen LogP contribution in [-0.4, -0.2) is 76.6 Å². The van der Waals surface area contributed by atoms with Gasteiger partial charge in [-0.05, 0) is 44.4 Å². The molecule has 3 aliphatic rings. The summed E-state index contributed by atoms with van der Waals surface area (Å²) >= 11 is 0. The first-order valence-electron chi connectivity index (χ1n) is 11.7. The minimum absolute atomic E-state index is 0. The average molecular weight is 523 g/mol. The lowest BCUT2D eigenvalue weighted by atomic mass is 9.88. The predicted molar refractivity (Wildman–Crippen MR) is 130 cm³/mol. The van der Waals surface area contributed by atoms with Crippen LogP contribution in [0.25, 0.3) is 0 Å². The Hall–Kier alpha value is -0.120. The molecule has 0 aromatic carbocycles. The van der Waals surface area contributed by atoms with E-state index in [-0.39, 0.29) is 24.0 Å². The number of likely N-dealkylation sites (tertiary alicyclic amines) is 1. The SMILES string of the molecule is CN=C(NCCCOCC1CCOC1)NC1CCN(CC2CCCCC2)CC1.I. The van der Waals surface area contributed by atoms with Gasteiger partial charge in [0.05, 0.1) is 13.2 Å². The number of halogens is 1. The Labute approximate surface area is 195 Å². The second-order valence-corrected chi connectivity index (χ2v) is 8.88. The van der Waals surface area contributed by atoms with Crippen molar-refractivity contribution < 1.29 is 9.47 Å². The smallest absolute Gasteiger partial charge is 0.191 e. The zero-order valence-electron chi connectivity index (χ0n) is 18.4. The molecule has 1 atom stereocenters. The van der Waals surface area contributed by atoms with Crippen LogP contribution in [0.2, 0.25) is 0 Å². The van der Waals surface area contributed by atoms with E-state index in [4.69, 9.17) is 9.47 Å². The Kier molecular flexibility index (Phi) is 12.8. The van der Waals surface area contributed by atoms with Crippen molar-refractivity contribution in [2.45, 2.75) is 63.8 Å². The molecule has 0 bridgehead atoms. The van der Waals surface area contributed by atoms with Gasteiger partial charge in [-0.3, -0.25) is 4.99 Å². The van der Waals surface area contributed by atoms with Crippen LogP contribution in [0, 0.1) is 11.8 Å². The summed E-state index contributed by atoms with van der Waals surface area (Å²) in [6.45, 7) is 8.10. The van der Waals surface area contributed by atoms with E-state index in [2.05, 4.69) is 20.5 Å². The molecule has 170 valence electrons. The number of nitrogens with one attached hydrogen (secondary N) is 2. The molecule has 3 rings (SSSR count). The fourth-order valence-electron chi connectivity index (χ4n) is 4.73. The molecule has 2 aliphatic heterocycles. The number of aliphatic imine (C=N–C) groups is 1. The summed E-state index contributed by atoms with van der Waals surface area (Å²) in [4.78, 5) is 7.09. The van der Waals surface area contributed by atoms with E-state index in [1.807, 2.05) is 7.05 Å². The predicted octanol–water partition coefficient (Wildman–Crippen LogP) is 3.26. The standard InChI is InChI=1S/C22H42N4O2.HI/c1-23-22(24-11-5-14-27-17-20-10-15-28-18-20)25-21-8-12-26(13-9-21)16-19-6-3-2-4-7-19;/h19-21H,2-18H2,1H3,(H2,23,24,25);1H. The van der Waals surface area contributed by atoms with E-state index in [0.717, 1.165) is 57.7 Å². The molecule has 1 saturated carbocycles. The lowest BCUT2D eigenvalue weighted by Gasteiger charge is -2.36. The third-order valence-electron chi connectivity index (χ3n) is 6.53. The van der Waals surface area contributed by atoms with Gasteiger partial charge in [0.15, 0.2) is 5.96 Å². The molecule has 1 unspecified atom stereocenters. The minimum Gasteiger partial charge on any atom is -0.381 e. The highest BCUT2D eigenvalue weighted by Crippen LogP contribution is 2.25. The number of piperidine rings is 1. The van der Waals surface area contributed by atoms with Crippen LogP contribution in [-0.2, 0) is 9.47 Å². The zero-order chi connectivity index (χ0) is 19.4.